The Kier molecular flexibility index (Phi) is 4.14. The van der Waals surface area contributed by atoms with Gasteiger partial charge in [0.2, 0.25) is 5.91 Å². The van der Waals surface area contributed by atoms with Crippen LogP contribution in [0.4, 0.5) is 13.2 Å². The summed E-state index contributed by atoms with van der Waals surface area (Å²) >= 11 is 0. The molecule has 0 aliphatic carbocycles. The largest absolute Gasteiger partial charge is 0.471 e. The maximum absolute atomic E-state index is 12.2. The first kappa shape index (κ1) is 13.5. The van der Waals surface area contributed by atoms with Crippen molar-refractivity contribution in [2.75, 3.05) is 26.2 Å². The Balaban J connectivity index is 2.62. The van der Waals surface area contributed by atoms with Gasteiger partial charge in [-0.3, -0.25) is 9.59 Å². The van der Waals surface area contributed by atoms with Crippen molar-refractivity contribution >= 4 is 11.8 Å². The molecule has 4 nitrogen and oxygen atoms in total. The molecule has 1 heterocycles. The Morgan fingerprint density at radius 3 is 2.12 bits per heavy atom. The molecule has 1 aliphatic heterocycles. The van der Waals surface area contributed by atoms with Gasteiger partial charge in [-0.15, -0.1) is 0 Å². The zero-order valence-corrected chi connectivity index (χ0v) is 9.16. The first-order chi connectivity index (χ1) is 7.86. The molecule has 0 bridgehead atoms. The predicted octanol–water partition coefficient (Wildman–Crippen LogP) is 0.796. The van der Waals surface area contributed by atoms with Crippen molar-refractivity contribution in [1.82, 2.24) is 9.80 Å². The molecule has 0 radical (unpaired) electrons. The first-order valence-electron chi connectivity index (χ1n) is 5.13. The summed E-state index contributed by atoms with van der Waals surface area (Å²) in [6, 6.07) is 0. The molecule has 1 fully saturated rings. The van der Waals surface area contributed by atoms with Gasteiger partial charge in [-0.25, -0.2) is 0 Å². The normalized spacial score (nSPS) is 17.6. The summed E-state index contributed by atoms with van der Waals surface area (Å²) in [7, 11) is 0. The smallest absolute Gasteiger partial charge is 0.337 e. The van der Waals surface area contributed by atoms with Crippen LogP contribution in [0.5, 0.6) is 0 Å². The number of hydrogen-bond acceptors (Lipinski definition) is 2. The molecule has 1 aliphatic rings. The zero-order valence-electron chi connectivity index (χ0n) is 9.16. The second-order valence-corrected chi connectivity index (χ2v) is 3.67. The van der Waals surface area contributed by atoms with Crippen molar-refractivity contribution in [3.05, 3.63) is 12.7 Å². The molecule has 0 aromatic carbocycles. The summed E-state index contributed by atoms with van der Waals surface area (Å²) < 4.78 is 36.6. The minimum absolute atomic E-state index is 0.0132. The average Bonchev–Trinajstić information content (AvgIpc) is 2.51. The van der Waals surface area contributed by atoms with Crippen molar-refractivity contribution in [2.24, 2.45) is 0 Å². The second-order valence-electron chi connectivity index (χ2n) is 3.67. The van der Waals surface area contributed by atoms with Crippen molar-refractivity contribution in [1.29, 1.82) is 0 Å². The molecule has 7 heteroatoms. The van der Waals surface area contributed by atoms with E-state index in [-0.39, 0.29) is 25.5 Å². The third-order valence-electron chi connectivity index (χ3n) is 2.51. The summed E-state index contributed by atoms with van der Waals surface area (Å²) in [6.45, 7) is 3.67. The van der Waals surface area contributed by atoms with E-state index in [1.807, 2.05) is 0 Å². The van der Waals surface area contributed by atoms with E-state index < -0.39 is 12.1 Å². The quantitative estimate of drug-likeness (QED) is 0.646. The molecular weight excluding hydrogens is 237 g/mol. The maximum Gasteiger partial charge on any atom is 0.471 e. The molecule has 96 valence electrons. The Morgan fingerprint density at radius 2 is 1.59 bits per heavy atom. The van der Waals surface area contributed by atoms with Crippen LogP contribution in [0.15, 0.2) is 12.7 Å². The van der Waals surface area contributed by atoms with Gasteiger partial charge in [0.1, 0.15) is 0 Å². The Morgan fingerprint density at radius 1 is 1.06 bits per heavy atom. The highest BCUT2D eigenvalue weighted by molar-refractivity contribution is 5.87. The Bertz CT molecular complexity index is 328. The van der Waals surface area contributed by atoms with Crippen LogP contribution < -0.4 is 0 Å². The molecule has 0 spiro atoms. The van der Waals surface area contributed by atoms with Crippen molar-refractivity contribution in [3.63, 3.8) is 0 Å². The summed E-state index contributed by atoms with van der Waals surface area (Å²) in [5.41, 5.74) is 0. The van der Waals surface area contributed by atoms with Crippen LogP contribution in [0.2, 0.25) is 0 Å². The van der Waals surface area contributed by atoms with E-state index in [9.17, 15) is 22.8 Å². The van der Waals surface area contributed by atoms with Gasteiger partial charge in [0.15, 0.2) is 0 Å². The van der Waals surface area contributed by atoms with E-state index in [4.69, 9.17) is 0 Å². The third-order valence-corrected chi connectivity index (χ3v) is 2.51. The number of amides is 2. The van der Waals surface area contributed by atoms with E-state index in [0.29, 0.717) is 13.0 Å². The molecule has 0 atom stereocenters. The van der Waals surface area contributed by atoms with Gasteiger partial charge in [-0.1, -0.05) is 6.58 Å². The molecule has 1 rings (SSSR count). The lowest BCUT2D eigenvalue weighted by molar-refractivity contribution is -0.185. The van der Waals surface area contributed by atoms with Gasteiger partial charge in [0.05, 0.1) is 0 Å². The average molecular weight is 250 g/mol. The van der Waals surface area contributed by atoms with Crippen LogP contribution in [-0.2, 0) is 9.59 Å². The lowest BCUT2D eigenvalue weighted by Gasteiger charge is -2.22. The predicted molar refractivity (Wildman–Crippen MR) is 54.0 cm³/mol. The van der Waals surface area contributed by atoms with E-state index in [1.54, 1.807) is 0 Å². The number of rotatable bonds is 1. The van der Waals surface area contributed by atoms with Crippen LogP contribution in [-0.4, -0.2) is 54.0 Å². The number of carbonyl (C=O) groups is 2. The van der Waals surface area contributed by atoms with Crippen molar-refractivity contribution in [3.8, 4) is 0 Å². The number of nitrogens with zero attached hydrogens (tertiary/aromatic N) is 2. The van der Waals surface area contributed by atoms with Crippen molar-refractivity contribution in [2.45, 2.75) is 12.6 Å². The van der Waals surface area contributed by atoms with E-state index in [1.165, 1.54) is 4.90 Å². The summed E-state index contributed by atoms with van der Waals surface area (Å²) in [5, 5.41) is 0. The highest BCUT2D eigenvalue weighted by atomic mass is 19.4. The topological polar surface area (TPSA) is 40.6 Å². The highest BCUT2D eigenvalue weighted by Crippen LogP contribution is 2.19. The number of halogens is 3. The molecule has 0 aromatic heterocycles. The minimum atomic E-state index is -4.85. The number of hydrogen-bond donors (Lipinski definition) is 0. The summed E-state index contributed by atoms with van der Waals surface area (Å²) in [6.07, 6.45) is -3.40. The van der Waals surface area contributed by atoms with Gasteiger partial charge in [0.25, 0.3) is 0 Å². The molecule has 2 amide bonds. The number of carbonyl (C=O) groups excluding carboxylic acids is 2. The van der Waals surface area contributed by atoms with Crippen LogP contribution in [0.25, 0.3) is 0 Å². The first-order valence-corrected chi connectivity index (χ1v) is 5.13. The van der Waals surface area contributed by atoms with E-state index in [2.05, 4.69) is 6.58 Å². The van der Waals surface area contributed by atoms with E-state index >= 15 is 0 Å². The van der Waals surface area contributed by atoms with Gasteiger partial charge in [-0.05, 0) is 12.5 Å². The lowest BCUT2D eigenvalue weighted by Crippen LogP contribution is -2.43. The van der Waals surface area contributed by atoms with Crippen LogP contribution >= 0.6 is 0 Å². The van der Waals surface area contributed by atoms with Crippen LogP contribution in [0.3, 0.4) is 0 Å². The fourth-order valence-electron chi connectivity index (χ4n) is 1.65. The van der Waals surface area contributed by atoms with E-state index in [0.717, 1.165) is 11.0 Å². The Labute approximate surface area is 96.7 Å². The van der Waals surface area contributed by atoms with Crippen LogP contribution in [0.1, 0.15) is 6.42 Å². The Hall–Kier alpha value is -1.53. The third kappa shape index (κ3) is 3.47. The molecule has 0 saturated carbocycles. The lowest BCUT2D eigenvalue weighted by atomic mass is 10.3. The molecule has 0 aromatic rings. The fraction of sp³-hybridized carbons (Fsp3) is 0.600. The molecule has 0 unspecified atom stereocenters. The summed E-state index contributed by atoms with van der Waals surface area (Å²) in [5.74, 6) is -2.17. The standard InChI is InChI=1S/C10H13F3N2O2/c1-2-8(16)14-4-3-5-15(7-6-14)9(17)10(11,12)13/h2H,1,3-7H2. The second kappa shape index (κ2) is 5.20. The number of alkyl halides is 3. The molecule has 17 heavy (non-hydrogen) atoms. The molecule has 1 saturated heterocycles. The molecule has 0 N–H and O–H groups in total. The fourth-order valence-corrected chi connectivity index (χ4v) is 1.65. The summed E-state index contributed by atoms with van der Waals surface area (Å²) in [4.78, 5) is 24.4. The van der Waals surface area contributed by atoms with Crippen LogP contribution in [0, 0.1) is 0 Å². The zero-order chi connectivity index (χ0) is 13.1. The maximum atomic E-state index is 12.2. The SMILES string of the molecule is C=CC(=O)N1CCCN(C(=O)C(F)(F)F)CC1. The highest BCUT2D eigenvalue weighted by Gasteiger charge is 2.42. The van der Waals surface area contributed by atoms with Crippen molar-refractivity contribution < 1.29 is 22.8 Å². The van der Waals surface area contributed by atoms with Gasteiger partial charge >= 0.3 is 12.1 Å². The van der Waals surface area contributed by atoms with Gasteiger partial charge in [-0.2, -0.15) is 13.2 Å². The monoisotopic (exact) mass is 250 g/mol. The van der Waals surface area contributed by atoms with Gasteiger partial charge in [0, 0.05) is 26.2 Å². The minimum Gasteiger partial charge on any atom is -0.337 e. The van der Waals surface area contributed by atoms with Gasteiger partial charge < -0.3 is 9.80 Å². The molecular formula is C10H13F3N2O2.